The first kappa shape index (κ1) is 15.6. The summed E-state index contributed by atoms with van der Waals surface area (Å²) in [6.07, 6.45) is 0.148. The molecule has 2 aromatic rings. The van der Waals surface area contributed by atoms with Crippen LogP contribution in [0.1, 0.15) is 17.5 Å². The van der Waals surface area contributed by atoms with E-state index in [9.17, 15) is 9.59 Å². The van der Waals surface area contributed by atoms with Crippen molar-refractivity contribution in [2.75, 3.05) is 10.2 Å². The minimum absolute atomic E-state index is 0.148. The van der Waals surface area contributed by atoms with Crippen LogP contribution in [-0.2, 0) is 9.59 Å². The summed E-state index contributed by atoms with van der Waals surface area (Å²) < 4.78 is 0. The van der Waals surface area contributed by atoms with Gasteiger partial charge in [-0.1, -0.05) is 29.8 Å². The maximum absolute atomic E-state index is 12.6. The number of aryl methyl sites for hydroxylation is 2. The molecule has 1 atom stereocenters. The predicted molar refractivity (Wildman–Crippen MR) is 91.9 cm³/mol. The minimum atomic E-state index is -0.544. The fraction of sp³-hybridized carbons (Fsp3) is 0.222. The van der Waals surface area contributed by atoms with Gasteiger partial charge in [-0.05, 0) is 49.2 Å². The van der Waals surface area contributed by atoms with Gasteiger partial charge in [0.1, 0.15) is 6.04 Å². The molecule has 3 rings (SSSR count). The summed E-state index contributed by atoms with van der Waals surface area (Å²) >= 11 is 5.86. The van der Waals surface area contributed by atoms with Gasteiger partial charge in [0.15, 0.2) is 0 Å². The maximum Gasteiger partial charge on any atom is 0.256 e. The number of nitrogens with one attached hydrogen (secondary N) is 1. The van der Waals surface area contributed by atoms with Crippen molar-refractivity contribution in [3.63, 3.8) is 0 Å². The summed E-state index contributed by atoms with van der Waals surface area (Å²) in [5, 5.41) is 3.80. The Kier molecular flexibility index (Phi) is 4.09. The molecule has 1 unspecified atom stereocenters. The number of anilines is 2. The number of amides is 2. The maximum atomic E-state index is 12.6. The Hall–Kier alpha value is -2.33. The first-order valence-electron chi connectivity index (χ1n) is 7.42. The molecular formula is C18H17ClN2O2. The number of nitrogens with zero attached hydrogens (tertiary/aromatic N) is 1. The lowest BCUT2D eigenvalue weighted by Crippen LogP contribution is -2.35. The third kappa shape index (κ3) is 2.94. The van der Waals surface area contributed by atoms with E-state index < -0.39 is 6.04 Å². The number of carbonyl (C=O) groups excluding carboxylic acids is 2. The highest BCUT2D eigenvalue weighted by atomic mass is 35.5. The molecule has 0 spiro atoms. The van der Waals surface area contributed by atoms with Gasteiger partial charge in [0.25, 0.3) is 5.91 Å². The minimum Gasteiger partial charge on any atom is -0.373 e. The Labute approximate surface area is 140 Å². The van der Waals surface area contributed by atoms with Gasteiger partial charge in [-0.3, -0.25) is 9.59 Å². The summed E-state index contributed by atoms with van der Waals surface area (Å²) in [5.74, 6) is -0.443. The third-order valence-corrected chi connectivity index (χ3v) is 4.28. The lowest BCUT2D eigenvalue weighted by Gasteiger charge is -2.18. The summed E-state index contributed by atoms with van der Waals surface area (Å²) in [5.41, 5.74) is 3.57. The number of rotatable bonds is 3. The highest BCUT2D eigenvalue weighted by Crippen LogP contribution is 2.28. The topological polar surface area (TPSA) is 49.4 Å². The molecule has 23 heavy (non-hydrogen) atoms. The van der Waals surface area contributed by atoms with Crippen molar-refractivity contribution in [1.82, 2.24) is 0 Å². The number of halogens is 1. The largest absolute Gasteiger partial charge is 0.373 e. The molecule has 1 aliphatic rings. The van der Waals surface area contributed by atoms with Crippen LogP contribution < -0.4 is 10.2 Å². The summed E-state index contributed by atoms with van der Waals surface area (Å²) in [4.78, 5) is 26.1. The zero-order valence-corrected chi connectivity index (χ0v) is 13.7. The molecule has 1 N–H and O–H groups in total. The molecule has 0 radical (unpaired) electrons. The first-order valence-corrected chi connectivity index (χ1v) is 7.80. The molecule has 2 amide bonds. The fourth-order valence-electron chi connectivity index (χ4n) is 2.82. The van der Waals surface area contributed by atoms with Gasteiger partial charge in [0, 0.05) is 10.7 Å². The Morgan fingerprint density at radius 3 is 2.26 bits per heavy atom. The molecule has 0 aromatic heterocycles. The summed E-state index contributed by atoms with van der Waals surface area (Å²) in [7, 11) is 0. The second-order valence-electron chi connectivity index (χ2n) is 5.71. The van der Waals surface area contributed by atoms with Crippen molar-refractivity contribution in [3.05, 3.63) is 58.6 Å². The van der Waals surface area contributed by atoms with E-state index in [1.165, 1.54) is 4.90 Å². The second-order valence-corrected chi connectivity index (χ2v) is 6.15. The van der Waals surface area contributed by atoms with Gasteiger partial charge >= 0.3 is 0 Å². The molecule has 0 bridgehead atoms. The SMILES string of the molecule is Cc1cccc(C)c1NC1CC(=O)N(c2ccc(Cl)cc2)C1=O. The fourth-order valence-corrected chi connectivity index (χ4v) is 2.95. The number of benzene rings is 2. The van der Waals surface area contributed by atoms with Gasteiger partial charge in [-0.2, -0.15) is 0 Å². The standard InChI is InChI=1S/C18H17ClN2O2/c1-11-4-3-5-12(2)17(11)20-15-10-16(22)21(18(15)23)14-8-6-13(19)7-9-14/h3-9,15,20H,10H2,1-2H3. The lowest BCUT2D eigenvalue weighted by atomic mass is 10.1. The van der Waals surface area contributed by atoms with Crippen LogP contribution in [0.15, 0.2) is 42.5 Å². The smallest absolute Gasteiger partial charge is 0.256 e. The quantitative estimate of drug-likeness (QED) is 0.874. The van der Waals surface area contributed by atoms with E-state index in [0.29, 0.717) is 10.7 Å². The highest BCUT2D eigenvalue weighted by Gasteiger charge is 2.39. The molecule has 0 saturated carbocycles. The van der Waals surface area contributed by atoms with E-state index in [4.69, 9.17) is 11.6 Å². The van der Waals surface area contributed by atoms with E-state index >= 15 is 0 Å². The molecule has 1 fully saturated rings. The van der Waals surface area contributed by atoms with Crippen LogP contribution in [0.3, 0.4) is 0 Å². The molecule has 5 heteroatoms. The van der Waals surface area contributed by atoms with E-state index in [-0.39, 0.29) is 18.2 Å². The second kappa shape index (κ2) is 6.05. The number of hydrogen-bond donors (Lipinski definition) is 1. The molecule has 118 valence electrons. The number of imide groups is 1. The van der Waals surface area contributed by atoms with Crippen molar-refractivity contribution in [1.29, 1.82) is 0 Å². The van der Waals surface area contributed by atoms with Gasteiger partial charge in [-0.25, -0.2) is 4.90 Å². The zero-order valence-electron chi connectivity index (χ0n) is 13.0. The number of para-hydroxylation sites is 1. The Bertz CT molecular complexity index is 751. The zero-order chi connectivity index (χ0) is 16.6. The van der Waals surface area contributed by atoms with E-state index in [1.54, 1.807) is 24.3 Å². The van der Waals surface area contributed by atoms with E-state index in [2.05, 4.69) is 5.32 Å². The van der Waals surface area contributed by atoms with Gasteiger partial charge in [-0.15, -0.1) is 0 Å². The van der Waals surface area contributed by atoms with Gasteiger partial charge < -0.3 is 5.32 Å². The van der Waals surface area contributed by atoms with Crippen molar-refractivity contribution in [2.45, 2.75) is 26.3 Å². The van der Waals surface area contributed by atoms with Crippen LogP contribution in [0, 0.1) is 13.8 Å². The average molecular weight is 329 g/mol. The Morgan fingerprint density at radius 1 is 1.04 bits per heavy atom. The van der Waals surface area contributed by atoms with Crippen molar-refractivity contribution < 1.29 is 9.59 Å². The molecular weight excluding hydrogens is 312 g/mol. The van der Waals surface area contributed by atoms with Crippen molar-refractivity contribution >= 4 is 34.8 Å². The average Bonchev–Trinajstić information content (AvgIpc) is 2.79. The first-order chi connectivity index (χ1) is 11.0. The Morgan fingerprint density at radius 2 is 1.65 bits per heavy atom. The summed E-state index contributed by atoms with van der Waals surface area (Å²) in [6, 6.07) is 12.1. The van der Waals surface area contributed by atoms with Crippen LogP contribution >= 0.6 is 11.6 Å². The molecule has 1 heterocycles. The Balaban J connectivity index is 1.85. The van der Waals surface area contributed by atoms with Crippen molar-refractivity contribution in [2.24, 2.45) is 0 Å². The van der Waals surface area contributed by atoms with Gasteiger partial charge in [0.05, 0.1) is 12.1 Å². The highest BCUT2D eigenvalue weighted by molar-refractivity contribution is 6.30. The predicted octanol–water partition coefficient (Wildman–Crippen LogP) is 3.70. The normalized spacial score (nSPS) is 17.7. The molecule has 1 aliphatic heterocycles. The number of hydrogen-bond acceptors (Lipinski definition) is 3. The lowest BCUT2D eigenvalue weighted by molar-refractivity contribution is -0.121. The van der Waals surface area contributed by atoms with Crippen LogP contribution in [0.4, 0.5) is 11.4 Å². The monoisotopic (exact) mass is 328 g/mol. The van der Waals surface area contributed by atoms with Gasteiger partial charge in [0.2, 0.25) is 5.91 Å². The number of carbonyl (C=O) groups is 2. The van der Waals surface area contributed by atoms with E-state index in [1.807, 2.05) is 32.0 Å². The molecule has 0 aliphatic carbocycles. The van der Waals surface area contributed by atoms with Crippen LogP contribution in [-0.4, -0.2) is 17.9 Å². The third-order valence-electron chi connectivity index (χ3n) is 4.03. The molecule has 1 saturated heterocycles. The van der Waals surface area contributed by atoms with Crippen LogP contribution in [0.2, 0.25) is 5.02 Å². The molecule has 2 aromatic carbocycles. The van der Waals surface area contributed by atoms with Crippen LogP contribution in [0.25, 0.3) is 0 Å². The van der Waals surface area contributed by atoms with Crippen LogP contribution in [0.5, 0.6) is 0 Å². The van der Waals surface area contributed by atoms with Crippen molar-refractivity contribution in [3.8, 4) is 0 Å². The summed E-state index contributed by atoms with van der Waals surface area (Å²) in [6.45, 7) is 3.96. The molecule has 4 nitrogen and oxygen atoms in total. The van der Waals surface area contributed by atoms with E-state index in [0.717, 1.165) is 16.8 Å².